The number of ether oxygens (including phenoxy) is 5. The summed E-state index contributed by atoms with van der Waals surface area (Å²) in [7, 11) is 2.65. The van der Waals surface area contributed by atoms with Crippen molar-refractivity contribution in [1.29, 1.82) is 0 Å². The van der Waals surface area contributed by atoms with Gasteiger partial charge >= 0.3 is 12.0 Å². The van der Waals surface area contributed by atoms with E-state index < -0.39 is 23.8 Å². The molecule has 2 aromatic rings. The molecule has 4 rings (SSSR count). The number of carbonyl (C=O) groups is 4. The maximum absolute atomic E-state index is 13.2. The molecule has 0 unspecified atom stereocenters. The first-order chi connectivity index (χ1) is 16.3. The molecule has 0 radical (unpaired) electrons. The standard InChI is InChI=1S/C22H17IN2O9/c1-30-17-7-11(6-14(23)19(17)32-9-18(26)31-2)5-13-20(27)24-22(29)25(21(13)28)12-3-4-15-16(8-12)34-10-33-15/h3-8H,9-10H2,1-2H3,(H,24,27,29)/b13-5+. The third-order valence-electron chi connectivity index (χ3n) is 4.84. The Morgan fingerprint density at radius 1 is 1.15 bits per heavy atom. The molecule has 0 bridgehead atoms. The highest BCUT2D eigenvalue weighted by molar-refractivity contribution is 14.1. The second kappa shape index (κ2) is 9.59. The quantitative estimate of drug-likeness (QED) is 0.237. The number of hydrogen-bond acceptors (Lipinski definition) is 9. The van der Waals surface area contributed by atoms with Crippen LogP contribution in [0.5, 0.6) is 23.0 Å². The number of rotatable bonds is 6. The highest BCUT2D eigenvalue weighted by atomic mass is 127. The van der Waals surface area contributed by atoms with E-state index in [1.807, 2.05) is 22.6 Å². The van der Waals surface area contributed by atoms with Crippen LogP contribution in [0.25, 0.3) is 6.08 Å². The van der Waals surface area contributed by atoms with Crippen LogP contribution in [0.1, 0.15) is 5.56 Å². The normalized spacial score (nSPS) is 15.9. The van der Waals surface area contributed by atoms with Crippen LogP contribution in [-0.4, -0.2) is 51.4 Å². The lowest BCUT2D eigenvalue weighted by Gasteiger charge is -2.26. The van der Waals surface area contributed by atoms with Gasteiger partial charge in [0.1, 0.15) is 5.57 Å². The number of nitrogens with one attached hydrogen (secondary N) is 1. The summed E-state index contributed by atoms with van der Waals surface area (Å²) in [6, 6.07) is 6.83. The van der Waals surface area contributed by atoms with Crippen LogP contribution < -0.4 is 29.2 Å². The average molecular weight is 580 g/mol. The van der Waals surface area contributed by atoms with Crippen molar-refractivity contribution in [3.63, 3.8) is 0 Å². The molecule has 1 fully saturated rings. The molecule has 0 aromatic heterocycles. The molecule has 2 aliphatic heterocycles. The number of anilines is 1. The predicted octanol–water partition coefficient (Wildman–Crippen LogP) is 2.25. The van der Waals surface area contributed by atoms with Crippen molar-refractivity contribution >= 4 is 58.2 Å². The van der Waals surface area contributed by atoms with E-state index in [1.54, 1.807) is 12.1 Å². The minimum Gasteiger partial charge on any atom is -0.493 e. The second-order valence-electron chi connectivity index (χ2n) is 6.89. The Morgan fingerprint density at radius 3 is 2.65 bits per heavy atom. The van der Waals surface area contributed by atoms with Crippen molar-refractivity contribution in [2.45, 2.75) is 0 Å². The smallest absolute Gasteiger partial charge is 0.343 e. The van der Waals surface area contributed by atoms with Crippen LogP contribution >= 0.6 is 22.6 Å². The fourth-order valence-corrected chi connectivity index (χ4v) is 4.02. The van der Waals surface area contributed by atoms with Crippen LogP contribution in [0.15, 0.2) is 35.9 Å². The van der Waals surface area contributed by atoms with E-state index in [2.05, 4.69) is 10.1 Å². The number of methoxy groups -OCH3 is 2. The van der Waals surface area contributed by atoms with Gasteiger partial charge in [0, 0.05) is 6.07 Å². The lowest BCUT2D eigenvalue weighted by molar-refractivity contribution is -0.143. The number of amides is 4. The minimum atomic E-state index is -0.885. The molecule has 176 valence electrons. The maximum atomic E-state index is 13.2. The van der Waals surface area contributed by atoms with E-state index in [9.17, 15) is 19.2 Å². The summed E-state index contributed by atoms with van der Waals surface area (Å²) in [5.74, 6) is -0.789. The van der Waals surface area contributed by atoms with Gasteiger partial charge in [-0.1, -0.05) is 0 Å². The lowest BCUT2D eigenvalue weighted by Crippen LogP contribution is -2.54. The van der Waals surface area contributed by atoms with E-state index in [4.69, 9.17) is 18.9 Å². The molecule has 0 atom stereocenters. The van der Waals surface area contributed by atoms with Crippen LogP contribution in [0, 0.1) is 3.57 Å². The Bertz CT molecular complexity index is 1240. The summed E-state index contributed by atoms with van der Waals surface area (Å²) in [5, 5.41) is 2.17. The van der Waals surface area contributed by atoms with Gasteiger partial charge in [-0.25, -0.2) is 14.5 Å². The second-order valence-corrected chi connectivity index (χ2v) is 8.06. The molecule has 0 spiro atoms. The predicted molar refractivity (Wildman–Crippen MR) is 125 cm³/mol. The minimum absolute atomic E-state index is 0.0301. The molecule has 4 amide bonds. The first-order valence-electron chi connectivity index (χ1n) is 9.70. The summed E-state index contributed by atoms with van der Waals surface area (Å²) in [5.41, 5.74) is 0.382. The molecule has 2 heterocycles. The molecular weight excluding hydrogens is 563 g/mol. The van der Waals surface area contributed by atoms with E-state index in [0.29, 0.717) is 26.4 Å². The number of barbiturate groups is 1. The fourth-order valence-electron chi connectivity index (χ4n) is 3.24. The number of fused-ring (bicyclic) bond motifs is 1. The zero-order valence-electron chi connectivity index (χ0n) is 17.9. The Morgan fingerprint density at radius 2 is 1.91 bits per heavy atom. The van der Waals surface area contributed by atoms with E-state index in [0.717, 1.165) is 4.90 Å². The molecule has 2 aliphatic rings. The molecule has 1 N–H and O–H groups in total. The molecule has 0 saturated carbocycles. The maximum Gasteiger partial charge on any atom is 0.343 e. The van der Waals surface area contributed by atoms with E-state index >= 15 is 0 Å². The summed E-state index contributed by atoms with van der Waals surface area (Å²) in [6.45, 7) is -0.292. The van der Waals surface area contributed by atoms with Crippen molar-refractivity contribution in [2.75, 3.05) is 32.5 Å². The van der Waals surface area contributed by atoms with Gasteiger partial charge in [0.15, 0.2) is 29.6 Å². The first-order valence-corrected chi connectivity index (χ1v) is 10.8. The Kier molecular flexibility index (Phi) is 6.58. The molecule has 2 aromatic carbocycles. The highest BCUT2D eigenvalue weighted by Crippen LogP contribution is 2.37. The van der Waals surface area contributed by atoms with Gasteiger partial charge < -0.3 is 23.7 Å². The van der Waals surface area contributed by atoms with Crippen LogP contribution in [0.3, 0.4) is 0 Å². The van der Waals surface area contributed by atoms with Gasteiger partial charge in [-0.2, -0.15) is 0 Å². The molecule has 34 heavy (non-hydrogen) atoms. The Labute approximate surface area is 206 Å². The van der Waals surface area contributed by atoms with Crippen molar-refractivity contribution in [3.05, 3.63) is 45.0 Å². The SMILES string of the molecule is COC(=O)COc1c(I)cc(/C=C2\C(=O)NC(=O)N(c3ccc4c(c3)OCO4)C2=O)cc1OC. The van der Waals surface area contributed by atoms with Crippen molar-refractivity contribution in [1.82, 2.24) is 5.32 Å². The Balaban J connectivity index is 1.67. The van der Waals surface area contributed by atoms with Gasteiger partial charge in [0.25, 0.3) is 11.8 Å². The summed E-state index contributed by atoms with van der Waals surface area (Å²) >= 11 is 1.97. The first kappa shape index (κ1) is 23.4. The largest absolute Gasteiger partial charge is 0.493 e. The van der Waals surface area contributed by atoms with Crippen molar-refractivity contribution in [3.8, 4) is 23.0 Å². The van der Waals surface area contributed by atoms with E-state index in [1.165, 1.54) is 38.5 Å². The molecule has 1 saturated heterocycles. The van der Waals surface area contributed by atoms with Crippen LogP contribution in [0.4, 0.5) is 10.5 Å². The fraction of sp³-hybridized carbons (Fsp3) is 0.182. The monoisotopic (exact) mass is 580 g/mol. The Hall–Kier alpha value is -3.81. The summed E-state index contributed by atoms with van der Waals surface area (Å²) in [6.07, 6.45) is 1.33. The summed E-state index contributed by atoms with van der Waals surface area (Å²) in [4.78, 5) is 50.4. The van der Waals surface area contributed by atoms with Gasteiger partial charge in [-0.05, 0) is 58.5 Å². The third kappa shape index (κ3) is 4.48. The van der Waals surface area contributed by atoms with E-state index in [-0.39, 0.29) is 30.4 Å². The number of nitrogens with zero attached hydrogens (tertiary/aromatic N) is 1. The molecular formula is C22H17IN2O9. The van der Waals surface area contributed by atoms with Crippen molar-refractivity contribution < 1.29 is 42.9 Å². The number of carbonyl (C=O) groups excluding carboxylic acids is 4. The summed E-state index contributed by atoms with van der Waals surface area (Å²) < 4.78 is 26.5. The van der Waals surface area contributed by atoms with Crippen molar-refractivity contribution in [2.24, 2.45) is 0 Å². The number of urea groups is 1. The zero-order chi connectivity index (χ0) is 24.4. The van der Waals surface area contributed by atoms with Gasteiger partial charge in [-0.3, -0.25) is 14.9 Å². The lowest BCUT2D eigenvalue weighted by atomic mass is 10.1. The van der Waals surface area contributed by atoms with Gasteiger partial charge in [0.2, 0.25) is 6.79 Å². The average Bonchev–Trinajstić information content (AvgIpc) is 3.28. The number of esters is 1. The molecule has 11 nitrogen and oxygen atoms in total. The third-order valence-corrected chi connectivity index (χ3v) is 5.64. The van der Waals surface area contributed by atoms with Gasteiger partial charge in [-0.15, -0.1) is 0 Å². The number of hydrogen-bond donors (Lipinski definition) is 1. The highest BCUT2D eigenvalue weighted by Gasteiger charge is 2.37. The van der Waals surface area contributed by atoms with Crippen LogP contribution in [-0.2, 0) is 19.1 Å². The number of halogens is 1. The zero-order valence-corrected chi connectivity index (χ0v) is 20.0. The topological polar surface area (TPSA) is 130 Å². The van der Waals surface area contributed by atoms with Gasteiger partial charge in [0.05, 0.1) is 23.5 Å². The number of imide groups is 2. The number of benzene rings is 2. The van der Waals surface area contributed by atoms with Crippen LogP contribution in [0.2, 0.25) is 0 Å². The molecule has 12 heteroatoms. The molecule has 0 aliphatic carbocycles.